The molecule has 1 saturated heterocycles. The van der Waals surface area contributed by atoms with Gasteiger partial charge in [-0.2, -0.15) is 0 Å². The molecular weight excluding hydrogens is 321 g/mol. The number of carboxylic acid groups (broad SMARTS) is 1. The molecule has 0 spiro atoms. The molecule has 96 valence electrons. The summed E-state index contributed by atoms with van der Waals surface area (Å²) in [4.78, 5) is 24.5. The molecule has 18 heavy (non-hydrogen) atoms. The number of amides is 1. The standard InChI is InChI=1S/C12H11BrClNO3/c13-9-4-2-1-3-8(9)11(12(17)18)15-6-7(14)5-10(15)16/h1-4,7,11H,5-6H2,(H,17,18). The first-order valence-corrected chi connectivity index (χ1v) is 6.64. The maximum absolute atomic E-state index is 11.8. The van der Waals surface area contributed by atoms with Gasteiger partial charge in [0.05, 0.1) is 5.38 Å². The number of carbonyl (C=O) groups excluding carboxylic acids is 1. The molecule has 0 saturated carbocycles. The highest BCUT2D eigenvalue weighted by Crippen LogP contribution is 2.32. The summed E-state index contributed by atoms with van der Waals surface area (Å²) in [5.74, 6) is -1.28. The molecular formula is C12H11BrClNO3. The first-order chi connectivity index (χ1) is 8.50. The molecule has 0 aliphatic carbocycles. The Hall–Kier alpha value is -1.07. The summed E-state index contributed by atoms with van der Waals surface area (Å²) in [6, 6.07) is 6.00. The van der Waals surface area contributed by atoms with Crippen molar-refractivity contribution in [2.75, 3.05) is 6.54 Å². The number of hydrogen-bond donors (Lipinski definition) is 1. The monoisotopic (exact) mass is 331 g/mol. The van der Waals surface area contributed by atoms with Crippen molar-refractivity contribution < 1.29 is 14.7 Å². The van der Waals surface area contributed by atoms with Crippen molar-refractivity contribution >= 4 is 39.4 Å². The van der Waals surface area contributed by atoms with Crippen molar-refractivity contribution in [3.63, 3.8) is 0 Å². The van der Waals surface area contributed by atoms with E-state index < -0.39 is 12.0 Å². The van der Waals surface area contributed by atoms with Crippen LogP contribution in [0.2, 0.25) is 0 Å². The summed E-state index contributed by atoms with van der Waals surface area (Å²) in [6.07, 6.45) is 0.190. The SMILES string of the molecule is O=C(O)C(c1ccccc1Br)N1CC(Cl)CC1=O. The van der Waals surface area contributed by atoms with Gasteiger partial charge in [-0.15, -0.1) is 11.6 Å². The predicted molar refractivity (Wildman–Crippen MR) is 70.5 cm³/mol. The molecule has 1 N–H and O–H groups in total. The third-order valence-electron chi connectivity index (χ3n) is 2.86. The number of carbonyl (C=O) groups is 2. The summed E-state index contributed by atoms with van der Waals surface area (Å²) >= 11 is 9.22. The van der Waals surface area contributed by atoms with E-state index in [4.69, 9.17) is 11.6 Å². The fraction of sp³-hybridized carbons (Fsp3) is 0.333. The average Bonchev–Trinajstić information content (AvgIpc) is 2.61. The van der Waals surface area contributed by atoms with Gasteiger partial charge in [0.2, 0.25) is 5.91 Å². The topological polar surface area (TPSA) is 57.6 Å². The fourth-order valence-corrected chi connectivity index (χ4v) is 2.85. The van der Waals surface area contributed by atoms with Gasteiger partial charge in [0.1, 0.15) is 0 Å². The Morgan fingerprint density at radius 1 is 1.50 bits per heavy atom. The third kappa shape index (κ3) is 2.52. The van der Waals surface area contributed by atoms with Gasteiger partial charge in [-0.05, 0) is 6.07 Å². The quantitative estimate of drug-likeness (QED) is 0.865. The highest BCUT2D eigenvalue weighted by Gasteiger charge is 2.38. The number of nitrogens with zero attached hydrogens (tertiary/aromatic N) is 1. The number of aliphatic carboxylic acids is 1. The summed E-state index contributed by atoms with van der Waals surface area (Å²) in [7, 11) is 0. The van der Waals surface area contributed by atoms with Gasteiger partial charge < -0.3 is 10.0 Å². The molecule has 2 rings (SSSR count). The largest absolute Gasteiger partial charge is 0.479 e. The second kappa shape index (κ2) is 5.28. The van der Waals surface area contributed by atoms with Crippen LogP contribution in [-0.2, 0) is 9.59 Å². The summed E-state index contributed by atoms with van der Waals surface area (Å²) in [6.45, 7) is 0.263. The number of likely N-dealkylation sites (tertiary alicyclic amines) is 1. The van der Waals surface area contributed by atoms with Crippen molar-refractivity contribution in [2.24, 2.45) is 0 Å². The number of carboxylic acids is 1. The van der Waals surface area contributed by atoms with Crippen LogP contribution in [0, 0.1) is 0 Å². The Bertz CT molecular complexity index is 494. The third-order valence-corrected chi connectivity index (χ3v) is 3.87. The van der Waals surface area contributed by atoms with Crippen LogP contribution in [0.4, 0.5) is 0 Å². The molecule has 1 aliphatic rings. The van der Waals surface area contributed by atoms with Gasteiger partial charge in [0, 0.05) is 23.0 Å². The Morgan fingerprint density at radius 2 is 2.17 bits per heavy atom. The van der Waals surface area contributed by atoms with Crippen molar-refractivity contribution in [2.45, 2.75) is 17.8 Å². The van der Waals surface area contributed by atoms with Crippen molar-refractivity contribution in [3.8, 4) is 0 Å². The van der Waals surface area contributed by atoms with Crippen LogP contribution >= 0.6 is 27.5 Å². The zero-order valence-corrected chi connectivity index (χ0v) is 11.7. The van der Waals surface area contributed by atoms with Gasteiger partial charge >= 0.3 is 5.97 Å². The molecule has 0 radical (unpaired) electrons. The van der Waals surface area contributed by atoms with Crippen molar-refractivity contribution in [3.05, 3.63) is 34.3 Å². The van der Waals surface area contributed by atoms with Crippen molar-refractivity contribution in [1.29, 1.82) is 0 Å². The van der Waals surface area contributed by atoms with E-state index in [0.29, 0.717) is 10.0 Å². The van der Waals surface area contributed by atoms with E-state index in [1.807, 2.05) is 0 Å². The van der Waals surface area contributed by atoms with Crippen LogP contribution in [0.3, 0.4) is 0 Å². The Kier molecular flexibility index (Phi) is 3.92. The van der Waals surface area contributed by atoms with E-state index >= 15 is 0 Å². The zero-order valence-electron chi connectivity index (χ0n) is 9.35. The average molecular weight is 333 g/mol. The molecule has 0 aromatic heterocycles. The lowest BCUT2D eigenvalue weighted by Crippen LogP contribution is -2.35. The lowest BCUT2D eigenvalue weighted by atomic mass is 10.1. The van der Waals surface area contributed by atoms with Crippen LogP contribution < -0.4 is 0 Å². The summed E-state index contributed by atoms with van der Waals surface area (Å²) in [5, 5.41) is 9.04. The van der Waals surface area contributed by atoms with Crippen LogP contribution in [0.1, 0.15) is 18.0 Å². The highest BCUT2D eigenvalue weighted by molar-refractivity contribution is 9.10. The van der Waals surface area contributed by atoms with E-state index in [2.05, 4.69) is 15.9 Å². The number of rotatable bonds is 3. The summed E-state index contributed by atoms with van der Waals surface area (Å²) < 4.78 is 0.670. The smallest absolute Gasteiger partial charge is 0.331 e. The van der Waals surface area contributed by atoms with E-state index in [0.717, 1.165) is 0 Å². The molecule has 1 aromatic rings. The second-order valence-corrected chi connectivity index (χ2v) is 5.58. The molecule has 1 amide bonds. The van der Waals surface area contributed by atoms with E-state index in [1.165, 1.54) is 4.90 Å². The first-order valence-electron chi connectivity index (χ1n) is 5.41. The number of alkyl halides is 1. The Balaban J connectivity index is 2.38. The lowest BCUT2D eigenvalue weighted by molar-refractivity contribution is -0.148. The lowest BCUT2D eigenvalue weighted by Gasteiger charge is -2.25. The van der Waals surface area contributed by atoms with Gasteiger partial charge in [-0.25, -0.2) is 4.79 Å². The van der Waals surface area contributed by atoms with E-state index in [9.17, 15) is 14.7 Å². The minimum atomic E-state index is -1.05. The zero-order chi connectivity index (χ0) is 13.3. The minimum Gasteiger partial charge on any atom is -0.479 e. The van der Waals surface area contributed by atoms with E-state index in [-0.39, 0.29) is 24.2 Å². The van der Waals surface area contributed by atoms with Crippen LogP contribution in [0.15, 0.2) is 28.7 Å². The van der Waals surface area contributed by atoms with Gasteiger partial charge in [-0.1, -0.05) is 34.1 Å². The molecule has 1 heterocycles. The summed E-state index contributed by atoms with van der Waals surface area (Å²) in [5.41, 5.74) is 0.559. The molecule has 1 aromatic carbocycles. The minimum absolute atomic E-state index is 0.190. The molecule has 0 bridgehead atoms. The molecule has 2 atom stereocenters. The second-order valence-electron chi connectivity index (χ2n) is 4.11. The predicted octanol–water partition coefficient (Wildman–Crippen LogP) is 2.41. The molecule has 4 nitrogen and oxygen atoms in total. The van der Waals surface area contributed by atoms with Crippen molar-refractivity contribution in [1.82, 2.24) is 4.90 Å². The maximum atomic E-state index is 11.8. The van der Waals surface area contributed by atoms with E-state index in [1.54, 1.807) is 24.3 Å². The number of hydrogen-bond acceptors (Lipinski definition) is 2. The van der Waals surface area contributed by atoms with Gasteiger partial charge in [-0.3, -0.25) is 4.79 Å². The van der Waals surface area contributed by atoms with Crippen LogP contribution in [0.25, 0.3) is 0 Å². The first kappa shape index (κ1) is 13.4. The number of halogens is 2. The highest BCUT2D eigenvalue weighted by atomic mass is 79.9. The molecule has 6 heteroatoms. The molecule has 1 aliphatic heterocycles. The Morgan fingerprint density at radius 3 is 2.67 bits per heavy atom. The number of benzene rings is 1. The fourth-order valence-electron chi connectivity index (χ4n) is 2.07. The molecule has 1 fully saturated rings. The molecule has 2 unspecified atom stereocenters. The normalized spacial score (nSPS) is 21.1. The van der Waals surface area contributed by atoms with Gasteiger partial charge in [0.15, 0.2) is 6.04 Å². The van der Waals surface area contributed by atoms with Crippen LogP contribution in [-0.4, -0.2) is 33.8 Å². The Labute approximate surface area is 118 Å². The maximum Gasteiger partial charge on any atom is 0.331 e. The van der Waals surface area contributed by atoms with Crippen LogP contribution in [0.5, 0.6) is 0 Å². The van der Waals surface area contributed by atoms with Gasteiger partial charge in [0.25, 0.3) is 0 Å².